The summed E-state index contributed by atoms with van der Waals surface area (Å²) in [6.07, 6.45) is 0. The highest BCUT2D eigenvalue weighted by Gasteiger charge is 1.87. The Hall–Kier alpha value is -0.500. The molecule has 9 heavy (non-hydrogen) atoms. The summed E-state index contributed by atoms with van der Waals surface area (Å²) >= 11 is 3.26. The number of methoxy groups -OCH3 is 1. The molecule has 0 aromatic heterocycles. The zero-order chi connectivity index (χ0) is 6.69. The van der Waals surface area contributed by atoms with E-state index >= 15 is 0 Å². The number of hydrogen-bond acceptors (Lipinski definition) is 1. The molecule has 0 spiro atoms. The molecule has 0 atom stereocenters. The SMILES string of the molecule is COc1c[c]c(Br)cc1. The van der Waals surface area contributed by atoms with E-state index in [0.29, 0.717) is 0 Å². The van der Waals surface area contributed by atoms with Gasteiger partial charge in [-0.3, -0.25) is 0 Å². The molecule has 47 valence electrons. The molecule has 0 fully saturated rings. The van der Waals surface area contributed by atoms with Gasteiger partial charge in [-0.2, -0.15) is 0 Å². The lowest BCUT2D eigenvalue weighted by molar-refractivity contribution is 0.414. The third-order valence-corrected chi connectivity index (χ3v) is 1.48. The van der Waals surface area contributed by atoms with Crippen molar-refractivity contribution in [2.45, 2.75) is 0 Å². The van der Waals surface area contributed by atoms with E-state index in [1.165, 1.54) is 0 Å². The van der Waals surface area contributed by atoms with Gasteiger partial charge < -0.3 is 4.74 Å². The summed E-state index contributed by atoms with van der Waals surface area (Å²) in [4.78, 5) is 0. The Morgan fingerprint density at radius 1 is 1.56 bits per heavy atom. The molecule has 0 saturated heterocycles. The molecule has 0 amide bonds. The first-order chi connectivity index (χ1) is 4.33. The molecule has 1 rings (SSSR count). The van der Waals surface area contributed by atoms with Gasteiger partial charge in [0.05, 0.1) is 7.11 Å². The van der Waals surface area contributed by atoms with Gasteiger partial charge in [0.1, 0.15) is 5.75 Å². The van der Waals surface area contributed by atoms with Crippen LogP contribution in [-0.2, 0) is 0 Å². The second-order valence-corrected chi connectivity index (χ2v) is 2.43. The van der Waals surface area contributed by atoms with Crippen molar-refractivity contribution < 1.29 is 4.74 Å². The minimum atomic E-state index is 0.832. The van der Waals surface area contributed by atoms with Gasteiger partial charge in [-0.25, -0.2) is 0 Å². The number of ether oxygens (including phenoxy) is 1. The fraction of sp³-hybridized carbons (Fsp3) is 0.143. The van der Waals surface area contributed by atoms with Gasteiger partial charge in [-0.05, 0) is 18.2 Å². The lowest BCUT2D eigenvalue weighted by Crippen LogP contribution is -1.79. The largest absolute Gasteiger partial charge is 0.497 e. The van der Waals surface area contributed by atoms with Crippen LogP contribution in [0, 0.1) is 6.07 Å². The van der Waals surface area contributed by atoms with Crippen molar-refractivity contribution >= 4 is 15.9 Å². The first kappa shape index (κ1) is 6.62. The lowest BCUT2D eigenvalue weighted by Gasteiger charge is -1.95. The van der Waals surface area contributed by atoms with Crippen LogP contribution in [0.1, 0.15) is 0 Å². The molecule has 0 aliphatic rings. The van der Waals surface area contributed by atoms with E-state index in [0.717, 1.165) is 10.2 Å². The van der Waals surface area contributed by atoms with Crippen LogP contribution in [-0.4, -0.2) is 7.11 Å². The predicted molar refractivity (Wildman–Crippen MR) is 39.5 cm³/mol. The maximum absolute atomic E-state index is 4.92. The monoisotopic (exact) mass is 185 g/mol. The molecule has 1 aromatic rings. The minimum Gasteiger partial charge on any atom is -0.497 e. The Morgan fingerprint density at radius 2 is 2.33 bits per heavy atom. The standard InChI is InChI=1S/C7H6BrO/c1-9-7-4-2-6(8)3-5-7/h2,4-5H,1H3. The van der Waals surface area contributed by atoms with Crippen molar-refractivity contribution in [3.05, 3.63) is 28.7 Å². The van der Waals surface area contributed by atoms with Crippen LogP contribution >= 0.6 is 15.9 Å². The Morgan fingerprint density at radius 3 is 2.78 bits per heavy atom. The molecule has 1 aromatic carbocycles. The zero-order valence-electron chi connectivity index (χ0n) is 5.02. The summed E-state index contributed by atoms with van der Waals surface area (Å²) in [6, 6.07) is 8.49. The molecule has 0 aliphatic carbocycles. The van der Waals surface area contributed by atoms with Gasteiger partial charge in [-0.1, -0.05) is 15.9 Å². The summed E-state index contributed by atoms with van der Waals surface area (Å²) in [5, 5.41) is 0. The van der Waals surface area contributed by atoms with Crippen LogP contribution < -0.4 is 4.74 Å². The van der Waals surface area contributed by atoms with E-state index in [9.17, 15) is 0 Å². The zero-order valence-corrected chi connectivity index (χ0v) is 6.60. The molecule has 0 bridgehead atoms. The number of rotatable bonds is 1. The van der Waals surface area contributed by atoms with Crippen molar-refractivity contribution in [1.29, 1.82) is 0 Å². The summed E-state index contributed by atoms with van der Waals surface area (Å²) in [5.74, 6) is 0.832. The molecule has 1 radical (unpaired) electrons. The second kappa shape index (κ2) is 2.87. The van der Waals surface area contributed by atoms with Crippen molar-refractivity contribution in [1.82, 2.24) is 0 Å². The van der Waals surface area contributed by atoms with Gasteiger partial charge >= 0.3 is 0 Å². The van der Waals surface area contributed by atoms with Crippen LogP contribution in [0.5, 0.6) is 5.75 Å². The topological polar surface area (TPSA) is 9.23 Å². The Kier molecular flexibility index (Phi) is 2.11. The third kappa shape index (κ3) is 1.72. The first-order valence-corrected chi connectivity index (χ1v) is 3.33. The van der Waals surface area contributed by atoms with E-state index in [1.807, 2.05) is 12.1 Å². The van der Waals surface area contributed by atoms with E-state index < -0.39 is 0 Å². The summed E-state index contributed by atoms with van der Waals surface area (Å²) < 4.78 is 5.86. The highest BCUT2D eigenvalue weighted by molar-refractivity contribution is 9.10. The van der Waals surface area contributed by atoms with E-state index in [1.54, 1.807) is 13.2 Å². The quantitative estimate of drug-likeness (QED) is 0.653. The van der Waals surface area contributed by atoms with Crippen molar-refractivity contribution in [2.24, 2.45) is 0 Å². The van der Waals surface area contributed by atoms with Gasteiger partial charge in [-0.15, -0.1) is 0 Å². The molecule has 1 nitrogen and oxygen atoms in total. The van der Waals surface area contributed by atoms with Crippen LogP contribution in [0.25, 0.3) is 0 Å². The molecular formula is C7H6BrO. The lowest BCUT2D eigenvalue weighted by atomic mass is 10.3. The molecule has 0 heterocycles. The molecular weight excluding hydrogens is 180 g/mol. The summed E-state index contributed by atoms with van der Waals surface area (Å²) in [7, 11) is 1.64. The molecule has 0 aliphatic heterocycles. The second-order valence-electron chi connectivity index (χ2n) is 1.58. The Balaban J connectivity index is 2.88. The van der Waals surface area contributed by atoms with Crippen LogP contribution in [0.2, 0.25) is 0 Å². The molecule has 0 unspecified atom stereocenters. The van der Waals surface area contributed by atoms with Gasteiger partial charge in [0, 0.05) is 10.5 Å². The van der Waals surface area contributed by atoms with E-state index in [2.05, 4.69) is 22.0 Å². The smallest absolute Gasteiger partial charge is 0.119 e. The summed E-state index contributed by atoms with van der Waals surface area (Å²) in [6.45, 7) is 0. The normalized spacial score (nSPS) is 9.11. The fourth-order valence-corrected chi connectivity index (χ4v) is 0.765. The van der Waals surface area contributed by atoms with E-state index in [-0.39, 0.29) is 0 Å². The Labute approximate surface area is 62.8 Å². The maximum atomic E-state index is 4.92. The maximum Gasteiger partial charge on any atom is 0.119 e. The van der Waals surface area contributed by atoms with Crippen LogP contribution in [0.3, 0.4) is 0 Å². The van der Waals surface area contributed by atoms with Crippen LogP contribution in [0.4, 0.5) is 0 Å². The summed E-state index contributed by atoms with van der Waals surface area (Å²) in [5.41, 5.74) is 0. The highest BCUT2D eigenvalue weighted by atomic mass is 79.9. The minimum absolute atomic E-state index is 0.832. The average molecular weight is 186 g/mol. The molecule has 0 saturated carbocycles. The van der Waals surface area contributed by atoms with Gasteiger partial charge in [0.25, 0.3) is 0 Å². The number of benzene rings is 1. The molecule has 0 N–H and O–H groups in total. The van der Waals surface area contributed by atoms with E-state index in [4.69, 9.17) is 4.74 Å². The van der Waals surface area contributed by atoms with Crippen molar-refractivity contribution in [3.63, 3.8) is 0 Å². The van der Waals surface area contributed by atoms with Gasteiger partial charge in [0.15, 0.2) is 0 Å². The average Bonchev–Trinajstić information content (AvgIpc) is 1.90. The predicted octanol–water partition coefficient (Wildman–Crippen LogP) is 2.26. The first-order valence-electron chi connectivity index (χ1n) is 2.54. The highest BCUT2D eigenvalue weighted by Crippen LogP contribution is 2.14. The molecule has 2 heteroatoms. The fourth-order valence-electron chi connectivity index (χ4n) is 0.519. The number of halogens is 1. The Bertz CT molecular complexity index is 181. The van der Waals surface area contributed by atoms with Crippen molar-refractivity contribution in [3.8, 4) is 5.75 Å². The number of hydrogen-bond donors (Lipinski definition) is 0. The van der Waals surface area contributed by atoms with Crippen molar-refractivity contribution in [2.75, 3.05) is 7.11 Å². The van der Waals surface area contributed by atoms with Crippen LogP contribution in [0.15, 0.2) is 22.7 Å². The third-order valence-electron chi connectivity index (χ3n) is 0.982. The van der Waals surface area contributed by atoms with Gasteiger partial charge in [0.2, 0.25) is 0 Å².